The van der Waals surface area contributed by atoms with Crippen LogP contribution in [0.4, 0.5) is 0 Å². The van der Waals surface area contributed by atoms with E-state index in [0.717, 1.165) is 24.2 Å². The number of nitrogens with one attached hydrogen (secondary N) is 2. The molecular formula is C19H19ClN2O4S. The smallest absolute Gasteiger partial charge is 0.251 e. The number of hydrogen-bond acceptors (Lipinski definition) is 4. The summed E-state index contributed by atoms with van der Waals surface area (Å²) in [4.78, 5) is 12.7. The van der Waals surface area contributed by atoms with Gasteiger partial charge in [0.05, 0.1) is 17.7 Å². The van der Waals surface area contributed by atoms with E-state index in [1.54, 1.807) is 0 Å². The molecule has 0 radical (unpaired) electrons. The molecule has 1 aliphatic carbocycles. The molecule has 1 heterocycles. The average Bonchev–Trinajstić information content (AvgIpc) is 3.45. The van der Waals surface area contributed by atoms with Gasteiger partial charge in [0.25, 0.3) is 5.91 Å². The van der Waals surface area contributed by atoms with Crippen LogP contribution >= 0.6 is 11.6 Å². The molecule has 1 fully saturated rings. The van der Waals surface area contributed by atoms with Crippen molar-refractivity contribution < 1.29 is 17.9 Å². The highest BCUT2D eigenvalue weighted by atomic mass is 35.5. The van der Waals surface area contributed by atoms with Crippen molar-refractivity contribution in [3.05, 3.63) is 58.6 Å². The van der Waals surface area contributed by atoms with Crippen LogP contribution in [0.2, 0.25) is 5.02 Å². The van der Waals surface area contributed by atoms with Gasteiger partial charge in [-0.2, -0.15) is 0 Å². The molecule has 0 aromatic heterocycles. The second-order valence-corrected chi connectivity index (χ2v) is 8.83. The van der Waals surface area contributed by atoms with E-state index in [0.29, 0.717) is 13.0 Å². The van der Waals surface area contributed by atoms with Crippen LogP contribution in [0.3, 0.4) is 0 Å². The number of fused-ring (bicyclic) bond motifs is 1. The first kappa shape index (κ1) is 18.3. The van der Waals surface area contributed by atoms with Gasteiger partial charge in [-0.3, -0.25) is 4.79 Å². The Balaban J connectivity index is 1.57. The number of rotatable bonds is 5. The normalized spacial score (nSPS) is 19.1. The van der Waals surface area contributed by atoms with Crippen molar-refractivity contribution >= 4 is 27.5 Å². The van der Waals surface area contributed by atoms with E-state index in [9.17, 15) is 13.2 Å². The van der Waals surface area contributed by atoms with Crippen LogP contribution in [0.15, 0.2) is 47.4 Å². The number of ether oxygens (including phenoxy) is 1. The van der Waals surface area contributed by atoms with Crippen molar-refractivity contribution in [2.45, 2.75) is 36.2 Å². The van der Waals surface area contributed by atoms with Crippen LogP contribution in [0.1, 0.15) is 41.2 Å². The number of amides is 1. The third kappa shape index (κ3) is 3.95. The number of carbonyl (C=O) groups excluding carboxylic acids is 1. The summed E-state index contributed by atoms with van der Waals surface area (Å²) >= 11 is 6.08. The highest BCUT2D eigenvalue weighted by molar-refractivity contribution is 7.89. The summed E-state index contributed by atoms with van der Waals surface area (Å²) in [5, 5.41) is 3.06. The van der Waals surface area contributed by atoms with Gasteiger partial charge < -0.3 is 10.1 Å². The molecule has 0 saturated heterocycles. The monoisotopic (exact) mass is 406 g/mol. The molecule has 1 saturated carbocycles. The summed E-state index contributed by atoms with van der Waals surface area (Å²) in [5.41, 5.74) is 1.16. The molecule has 0 spiro atoms. The van der Waals surface area contributed by atoms with E-state index < -0.39 is 10.0 Å². The zero-order valence-electron chi connectivity index (χ0n) is 14.4. The van der Waals surface area contributed by atoms with Gasteiger partial charge in [0.15, 0.2) is 0 Å². The predicted molar refractivity (Wildman–Crippen MR) is 102 cm³/mol. The summed E-state index contributed by atoms with van der Waals surface area (Å²) in [7, 11) is -3.75. The zero-order valence-corrected chi connectivity index (χ0v) is 16.0. The van der Waals surface area contributed by atoms with Crippen LogP contribution in [-0.4, -0.2) is 27.0 Å². The number of halogens is 1. The molecule has 142 valence electrons. The molecule has 8 heteroatoms. The Morgan fingerprint density at radius 1 is 1.11 bits per heavy atom. The quantitative estimate of drug-likeness (QED) is 0.799. The van der Waals surface area contributed by atoms with Gasteiger partial charge in [-0.05, 0) is 37.1 Å². The molecule has 2 N–H and O–H groups in total. The summed E-state index contributed by atoms with van der Waals surface area (Å²) < 4.78 is 33.2. The van der Waals surface area contributed by atoms with E-state index >= 15 is 0 Å². The van der Waals surface area contributed by atoms with Crippen LogP contribution < -0.4 is 14.8 Å². The maximum atomic E-state index is 12.7. The first-order valence-corrected chi connectivity index (χ1v) is 10.6. The van der Waals surface area contributed by atoms with E-state index in [1.165, 1.54) is 18.2 Å². The van der Waals surface area contributed by atoms with Crippen LogP contribution in [0.5, 0.6) is 5.75 Å². The Morgan fingerprint density at radius 3 is 2.67 bits per heavy atom. The molecule has 2 aromatic rings. The molecule has 2 aliphatic rings. The molecule has 0 bridgehead atoms. The van der Waals surface area contributed by atoms with Crippen molar-refractivity contribution in [1.29, 1.82) is 0 Å². The Kier molecular flexibility index (Phi) is 4.84. The molecule has 2 aromatic carbocycles. The maximum absolute atomic E-state index is 12.7. The fourth-order valence-corrected chi connectivity index (χ4v) is 4.90. The van der Waals surface area contributed by atoms with Gasteiger partial charge >= 0.3 is 0 Å². The van der Waals surface area contributed by atoms with E-state index in [1.807, 2.05) is 24.3 Å². The summed E-state index contributed by atoms with van der Waals surface area (Å²) in [5.74, 6) is 0.401. The predicted octanol–water partition coefficient (Wildman–Crippen LogP) is 3.03. The van der Waals surface area contributed by atoms with Crippen molar-refractivity contribution in [2.24, 2.45) is 0 Å². The molecule has 27 heavy (non-hydrogen) atoms. The lowest BCUT2D eigenvalue weighted by molar-refractivity contribution is 0.0924. The highest BCUT2D eigenvalue weighted by Crippen LogP contribution is 2.32. The van der Waals surface area contributed by atoms with Crippen molar-refractivity contribution in [1.82, 2.24) is 10.0 Å². The Labute approximate surface area is 162 Å². The zero-order chi connectivity index (χ0) is 19.0. The number of para-hydroxylation sites is 1. The summed E-state index contributed by atoms with van der Waals surface area (Å²) in [6.07, 6.45) is 2.28. The fraction of sp³-hybridized carbons (Fsp3) is 0.316. The Bertz CT molecular complexity index is 989. The standard InChI is InChI=1S/C19H19ClN2O4S/c20-15-8-5-12(11-18(15)27(24,25)22-13-6-7-13)19(23)21-16-9-10-26-17-4-2-1-3-14(16)17/h1-5,8,11,13,16,22H,6-7,9-10H2,(H,21,23)/t16-/m0/s1. The molecule has 1 amide bonds. The first-order chi connectivity index (χ1) is 12.9. The minimum Gasteiger partial charge on any atom is -0.493 e. The number of carbonyl (C=O) groups is 1. The van der Waals surface area contributed by atoms with Crippen molar-refractivity contribution in [3.63, 3.8) is 0 Å². The van der Waals surface area contributed by atoms with E-state index in [2.05, 4.69) is 10.0 Å². The minimum atomic E-state index is -3.75. The van der Waals surface area contributed by atoms with Crippen molar-refractivity contribution in [3.8, 4) is 5.75 Å². The topological polar surface area (TPSA) is 84.5 Å². The summed E-state index contributed by atoms with van der Waals surface area (Å²) in [6.45, 7) is 0.507. The third-order valence-corrected chi connectivity index (χ3v) is 6.65. The largest absolute Gasteiger partial charge is 0.493 e. The molecular weight excluding hydrogens is 388 g/mol. The second kappa shape index (κ2) is 7.14. The van der Waals surface area contributed by atoms with Gasteiger partial charge in [0, 0.05) is 23.6 Å². The number of benzene rings is 2. The van der Waals surface area contributed by atoms with Crippen molar-refractivity contribution in [2.75, 3.05) is 6.61 Å². The molecule has 1 aliphatic heterocycles. The number of sulfonamides is 1. The second-order valence-electron chi connectivity index (χ2n) is 6.74. The maximum Gasteiger partial charge on any atom is 0.251 e. The lowest BCUT2D eigenvalue weighted by Crippen LogP contribution is -2.32. The van der Waals surface area contributed by atoms with E-state index in [-0.39, 0.29) is 33.5 Å². The molecule has 6 nitrogen and oxygen atoms in total. The molecule has 0 unspecified atom stereocenters. The third-order valence-electron chi connectivity index (χ3n) is 4.65. The van der Waals surface area contributed by atoms with Gasteiger partial charge in [0.1, 0.15) is 10.6 Å². The van der Waals surface area contributed by atoms with Gasteiger partial charge in [-0.25, -0.2) is 13.1 Å². The van der Waals surface area contributed by atoms with E-state index in [4.69, 9.17) is 16.3 Å². The van der Waals surface area contributed by atoms with Gasteiger partial charge in [-0.15, -0.1) is 0 Å². The van der Waals surface area contributed by atoms with Crippen LogP contribution in [0.25, 0.3) is 0 Å². The van der Waals surface area contributed by atoms with Crippen LogP contribution in [0, 0.1) is 0 Å². The summed E-state index contributed by atoms with van der Waals surface area (Å²) in [6, 6.07) is 11.6. The molecule has 4 rings (SSSR count). The minimum absolute atomic E-state index is 0.0395. The number of hydrogen-bond donors (Lipinski definition) is 2. The first-order valence-electron chi connectivity index (χ1n) is 8.78. The molecule has 1 atom stereocenters. The highest BCUT2D eigenvalue weighted by Gasteiger charge is 2.30. The average molecular weight is 407 g/mol. The SMILES string of the molecule is O=C(N[C@H]1CCOc2ccccc21)c1ccc(Cl)c(S(=O)(=O)NC2CC2)c1. The Hall–Kier alpha value is -2.09. The van der Waals surface area contributed by atoms with Crippen LogP contribution in [-0.2, 0) is 10.0 Å². The lowest BCUT2D eigenvalue weighted by atomic mass is 10.00. The Morgan fingerprint density at radius 2 is 1.89 bits per heavy atom. The van der Waals surface area contributed by atoms with Gasteiger partial charge in [0.2, 0.25) is 10.0 Å². The lowest BCUT2D eigenvalue weighted by Gasteiger charge is -2.26. The van der Waals surface area contributed by atoms with Gasteiger partial charge in [-0.1, -0.05) is 29.8 Å². The fourth-order valence-electron chi connectivity index (χ4n) is 3.07.